The van der Waals surface area contributed by atoms with Gasteiger partial charge in [-0.2, -0.15) is 0 Å². The molecular formula is C22H20F2N4O. The van der Waals surface area contributed by atoms with E-state index in [-0.39, 0.29) is 17.3 Å². The maximum atomic E-state index is 13.3. The summed E-state index contributed by atoms with van der Waals surface area (Å²) in [4.78, 5) is 21.0. The number of halogens is 2. The summed E-state index contributed by atoms with van der Waals surface area (Å²) in [5.41, 5.74) is 1.81. The Morgan fingerprint density at radius 1 is 0.862 bits per heavy atom. The lowest BCUT2D eigenvalue weighted by Crippen LogP contribution is -2.46. The van der Waals surface area contributed by atoms with Gasteiger partial charge in [-0.25, -0.2) is 13.8 Å². The SMILES string of the molecule is O=C(Nc1ccc(N2CCN(c3ccc(F)cc3)CC2)nc1)c1cccc(F)c1. The summed E-state index contributed by atoms with van der Waals surface area (Å²) in [5.74, 6) is -0.244. The Labute approximate surface area is 167 Å². The molecule has 1 aromatic heterocycles. The van der Waals surface area contributed by atoms with Gasteiger partial charge in [-0.05, 0) is 54.6 Å². The van der Waals surface area contributed by atoms with E-state index in [1.54, 1.807) is 30.5 Å². The molecule has 0 bridgehead atoms. The average molecular weight is 394 g/mol. The van der Waals surface area contributed by atoms with Gasteiger partial charge in [-0.1, -0.05) is 6.07 Å². The molecule has 1 aliphatic rings. The molecule has 0 aliphatic carbocycles. The van der Waals surface area contributed by atoms with Crippen molar-refractivity contribution in [3.8, 4) is 0 Å². The number of hydrogen-bond donors (Lipinski definition) is 1. The minimum atomic E-state index is -0.453. The molecule has 3 aromatic rings. The Balaban J connectivity index is 1.35. The summed E-state index contributed by atoms with van der Waals surface area (Å²) in [6.07, 6.45) is 1.60. The van der Waals surface area contributed by atoms with Gasteiger partial charge in [-0.15, -0.1) is 0 Å². The Morgan fingerprint density at radius 2 is 1.59 bits per heavy atom. The summed E-state index contributed by atoms with van der Waals surface area (Å²) in [5, 5.41) is 2.72. The van der Waals surface area contributed by atoms with Crippen LogP contribution in [-0.4, -0.2) is 37.1 Å². The number of pyridine rings is 1. The number of nitrogens with zero attached hydrogens (tertiary/aromatic N) is 3. The van der Waals surface area contributed by atoms with Crippen molar-refractivity contribution in [3.63, 3.8) is 0 Å². The normalized spacial score (nSPS) is 14.0. The van der Waals surface area contributed by atoms with Crippen LogP contribution in [0.3, 0.4) is 0 Å². The van der Waals surface area contributed by atoms with Crippen molar-refractivity contribution in [2.24, 2.45) is 0 Å². The van der Waals surface area contributed by atoms with Crippen LogP contribution in [0.1, 0.15) is 10.4 Å². The first-order chi connectivity index (χ1) is 14.1. The van der Waals surface area contributed by atoms with Crippen LogP contribution in [0, 0.1) is 11.6 Å². The number of rotatable bonds is 4. The van der Waals surface area contributed by atoms with E-state index in [4.69, 9.17) is 0 Å². The maximum Gasteiger partial charge on any atom is 0.255 e. The van der Waals surface area contributed by atoms with Crippen molar-refractivity contribution in [1.82, 2.24) is 4.98 Å². The van der Waals surface area contributed by atoms with Crippen LogP contribution < -0.4 is 15.1 Å². The molecule has 0 saturated carbocycles. The highest BCUT2D eigenvalue weighted by Crippen LogP contribution is 2.21. The molecule has 0 unspecified atom stereocenters. The molecule has 0 atom stereocenters. The van der Waals surface area contributed by atoms with Crippen LogP contribution in [-0.2, 0) is 0 Å². The van der Waals surface area contributed by atoms with E-state index in [0.29, 0.717) is 5.69 Å². The molecule has 4 rings (SSSR count). The van der Waals surface area contributed by atoms with Crippen molar-refractivity contribution in [3.05, 3.63) is 84.1 Å². The van der Waals surface area contributed by atoms with E-state index < -0.39 is 5.82 Å². The predicted molar refractivity (Wildman–Crippen MR) is 109 cm³/mol. The predicted octanol–water partition coefficient (Wildman–Crippen LogP) is 3.94. The zero-order valence-electron chi connectivity index (χ0n) is 15.7. The highest BCUT2D eigenvalue weighted by Gasteiger charge is 2.18. The topological polar surface area (TPSA) is 48.5 Å². The number of hydrogen-bond acceptors (Lipinski definition) is 4. The van der Waals surface area contributed by atoms with E-state index in [1.807, 2.05) is 6.07 Å². The highest BCUT2D eigenvalue weighted by molar-refractivity contribution is 6.04. The zero-order valence-corrected chi connectivity index (χ0v) is 15.7. The summed E-state index contributed by atoms with van der Waals surface area (Å²) in [7, 11) is 0. The fourth-order valence-corrected chi connectivity index (χ4v) is 3.33. The van der Waals surface area contributed by atoms with Gasteiger partial charge < -0.3 is 15.1 Å². The molecule has 2 aromatic carbocycles. The van der Waals surface area contributed by atoms with E-state index in [9.17, 15) is 13.6 Å². The van der Waals surface area contributed by atoms with Crippen LogP contribution in [0.5, 0.6) is 0 Å². The van der Waals surface area contributed by atoms with Gasteiger partial charge in [0.05, 0.1) is 11.9 Å². The zero-order chi connectivity index (χ0) is 20.2. The third-order valence-corrected chi connectivity index (χ3v) is 4.89. The molecule has 1 amide bonds. The minimum Gasteiger partial charge on any atom is -0.368 e. The molecule has 2 heterocycles. The van der Waals surface area contributed by atoms with Gasteiger partial charge in [0, 0.05) is 37.4 Å². The Morgan fingerprint density at radius 3 is 2.24 bits per heavy atom. The fraction of sp³-hybridized carbons (Fsp3) is 0.182. The van der Waals surface area contributed by atoms with Crippen LogP contribution in [0.2, 0.25) is 0 Å². The Bertz CT molecular complexity index is 984. The number of carbonyl (C=O) groups is 1. The number of amides is 1. The molecule has 0 radical (unpaired) electrons. The number of piperazine rings is 1. The molecule has 29 heavy (non-hydrogen) atoms. The number of benzene rings is 2. The summed E-state index contributed by atoms with van der Waals surface area (Å²) in [6, 6.07) is 15.7. The third-order valence-electron chi connectivity index (χ3n) is 4.89. The van der Waals surface area contributed by atoms with Crippen molar-refractivity contribution in [2.45, 2.75) is 0 Å². The second kappa shape index (κ2) is 8.26. The van der Waals surface area contributed by atoms with Gasteiger partial charge >= 0.3 is 0 Å². The molecule has 1 fully saturated rings. The second-order valence-electron chi connectivity index (χ2n) is 6.82. The summed E-state index contributed by atoms with van der Waals surface area (Å²) in [6.45, 7) is 3.20. The highest BCUT2D eigenvalue weighted by atomic mass is 19.1. The van der Waals surface area contributed by atoms with Gasteiger partial charge in [0.15, 0.2) is 0 Å². The molecule has 1 aliphatic heterocycles. The van der Waals surface area contributed by atoms with Crippen LogP contribution in [0.4, 0.5) is 26.0 Å². The van der Waals surface area contributed by atoms with Gasteiger partial charge in [-0.3, -0.25) is 4.79 Å². The Hall–Kier alpha value is -3.48. The first kappa shape index (κ1) is 18.9. The maximum absolute atomic E-state index is 13.3. The first-order valence-corrected chi connectivity index (χ1v) is 9.37. The summed E-state index contributed by atoms with van der Waals surface area (Å²) >= 11 is 0. The molecule has 7 heteroatoms. The number of carbonyl (C=O) groups excluding carboxylic acids is 1. The van der Waals surface area contributed by atoms with Gasteiger partial charge in [0.1, 0.15) is 17.5 Å². The second-order valence-corrected chi connectivity index (χ2v) is 6.82. The van der Waals surface area contributed by atoms with Crippen molar-refractivity contribution >= 4 is 23.1 Å². The monoisotopic (exact) mass is 394 g/mol. The van der Waals surface area contributed by atoms with Crippen molar-refractivity contribution in [1.29, 1.82) is 0 Å². The number of nitrogens with one attached hydrogen (secondary N) is 1. The van der Waals surface area contributed by atoms with Gasteiger partial charge in [0.25, 0.3) is 5.91 Å². The minimum absolute atomic E-state index is 0.235. The molecule has 1 N–H and O–H groups in total. The fourth-order valence-electron chi connectivity index (χ4n) is 3.33. The van der Waals surface area contributed by atoms with Crippen molar-refractivity contribution in [2.75, 3.05) is 41.3 Å². The number of anilines is 3. The molecular weight excluding hydrogens is 374 g/mol. The smallest absolute Gasteiger partial charge is 0.255 e. The van der Waals surface area contributed by atoms with Crippen LogP contribution >= 0.6 is 0 Å². The lowest BCUT2D eigenvalue weighted by atomic mass is 10.2. The lowest BCUT2D eigenvalue weighted by Gasteiger charge is -2.36. The summed E-state index contributed by atoms with van der Waals surface area (Å²) < 4.78 is 26.3. The first-order valence-electron chi connectivity index (χ1n) is 9.37. The molecule has 0 spiro atoms. The van der Waals surface area contributed by atoms with Crippen LogP contribution in [0.15, 0.2) is 66.9 Å². The molecule has 148 valence electrons. The molecule has 5 nitrogen and oxygen atoms in total. The third kappa shape index (κ3) is 4.51. The lowest BCUT2D eigenvalue weighted by molar-refractivity contribution is 0.102. The largest absolute Gasteiger partial charge is 0.368 e. The van der Waals surface area contributed by atoms with Crippen molar-refractivity contribution < 1.29 is 13.6 Å². The van der Waals surface area contributed by atoms with E-state index >= 15 is 0 Å². The quantitative estimate of drug-likeness (QED) is 0.728. The van der Waals surface area contributed by atoms with E-state index in [1.165, 1.54) is 30.3 Å². The van der Waals surface area contributed by atoms with Crippen LogP contribution in [0.25, 0.3) is 0 Å². The van der Waals surface area contributed by atoms with E-state index in [2.05, 4.69) is 20.1 Å². The number of aromatic nitrogens is 1. The van der Waals surface area contributed by atoms with E-state index in [0.717, 1.165) is 37.7 Å². The van der Waals surface area contributed by atoms with Gasteiger partial charge in [0.2, 0.25) is 0 Å². The molecule has 1 saturated heterocycles. The Kier molecular flexibility index (Phi) is 5.37. The standard InChI is InChI=1S/C22H20F2N4O/c23-17-4-7-20(8-5-17)27-10-12-28(13-11-27)21-9-6-19(15-25-21)26-22(29)16-2-1-3-18(24)14-16/h1-9,14-15H,10-13H2,(H,26,29). The average Bonchev–Trinajstić information content (AvgIpc) is 2.75.